The van der Waals surface area contributed by atoms with Gasteiger partial charge >= 0.3 is 0 Å². The fraction of sp³-hybridized carbons (Fsp3) is 0.692. The highest BCUT2D eigenvalue weighted by molar-refractivity contribution is 5.40. The van der Waals surface area contributed by atoms with Crippen LogP contribution in [0, 0.1) is 17.3 Å². The smallest absolute Gasteiger partial charge is 0.172 e. The second-order valence-corrected chi connectivity index (χ2v) is 10.1. The first-order valence-electron chi connectivity index (χ1n) is 11.6. The second kappa shape index (κ2) is 9.12. The fourth-order valence-corrected chi connectivity index (χ4v) is 5.49. The highest BCUT2D eigenvalue weighted by atomic mass is 16.6. The van der Waals surface area contributed by atoms with E-state index in [0.717, 1.165) is 24.8 Å². The van der Waals surface area contributed by atoms with Gasteiger partial charge in [0.25, 0.3) is 0 Å². The maximum absolute atomic E-state index is 11.0. The Labute approximate surface area is 182 Å². The van der Waals surface area contributed by atoms with Crippen LogP contribution in [0.2, 0.25) is 0 Å². The largest absolute Gasteiger partial charge is 0.390 e. The lowest BCUT2D eigenvalue weighted by Crippen LogP contribution is -2.44. The zero-order valence-electron chi connectivity index (χ0n) is 19.2. The lowest BCUT2D eigenvalue weighted by Gasteiger charge is -2.41. The van der Waals surface area contributed by atoms with E-state index in [9.17, 15) is 15.3 Å². The molecule has 0 bridgehead atoms. The van der Waals surface area contributed by atoms with E-state index >= 15 is 0 Å². The van der Waals surface area contributed by atoms with Crippen LogP contribution in [-0.2, 0) is 4.74 Å². The Bertz CT molecular complexity index is 746. The fourth-order valence-electron chi connectivity index (χ4n) is 5.49. The first kappa shape index (κ1) is 23.5. The molecule has 30 heavy (non-hydrogen) atoms. The number of hydrogen-bond acceptors (Lipinski definition) is 4. The molecule has 3 N–H and O–H groups in total. The van der Waals surface area contributed by atoms with Crippen LogP contribution in [0.25, 0.3) is 0 Å². The molecular weight excluding hydrogens is 376 g/mol. The van der Waals surface area contributed by atoms with Crippen molar-refractivity contribution >= 4 is 0 Å². The van der Waals surface area contributed by atoms with E-state index in [0.29, 0.717) is 11.5 Å². The van der Waals surface area contributed by atoms with Gasteiger partial charge in [0, 0.05) is 12.8 Å². The molecule has 0 heterocycles. The van der Waals surface area contributed by atoms with Crippen LogP contribution in [0.5, 0.6) is 0 Å². The molecule has 3 aliphatic carbocycles. The van der Waals surface area contributed by atoms with Gasteiger partial charge in [-0.1, -0.05) is 63.6 Å². The lowest BCUT2D eigenvalue weighted by atomic mass is 9.64. The van der Waals surface area contributed by atoms with Gasteiger partial charge in [-0.3, -0.25) is 0 Å². The molecule has 4 nitrogen and oxygen atoms in total. The van der Waals surface area contributed by atoms with Crippen molar-refractivity contribution in [3.63, 3.8) is 0 Å². The van der Waals surface area contributed by atoms with Crippen LogP contribution in [0.4, 0.5) is 0 Å². The first-order valence-corrected chi connectivity index (χ1v) is 11.6. The van der Waals surface area contributed by atoms with Crippen LogP contribution >= 0.6 is 0 Å². The van der Waals surface area contributed by atoms with Crippen molar-refractivity contribution in [2.24, 2.45) is 17.3 Å². The van der Waals surface area contributed by atoms with Gasteiger partial charge in [-0.05, 0) is 60.5 Å². The Morgan fingerprint density at radius 1 is 1.33 bits per heavy atom. The summed E-state index contributed by atoms with van der Waals surface area (Å²) < 4.78 is 5.68. The third-order valence-corrected chi connectivity index (χ3v) is 7.68. The van der Waals surface area contributed by atoms with Crippen LogP contribution < -0.4 is 0 Å². The molecule has 0 aromatic carbocycles. The summed E-state index contributed by atoms with van der Waals surface area (Å²) in [5, 5.41) is 31.5. The summed E-state index contributed by atoms with van der Waals surface area (Å²) >= 11 is 0. The van der Waals surface area contributed by atoms with E-state index in [4.69, 9.17) is 4.74 Å². The molecule has 168 valence electrons. The number of hydrogen-bond donors (Lipinski definition) is 3. The minimum absolute atomic E-state index is 0.0467. The molecule has 0 unspecified atom stereocenters. The topological polar surface area (TPSA) is 69.9 Å². The molecule has 4 heteroatoms. The molecule has 0 aliphatic heterocycles. The summed E-state index contributed by atoms with van der Waals surface area (Å²) in [6, 6.07) is 0. The Kier molecular flexibility index (Phi) is 7.13. The van der Waals surface area contributed by atoms with Crippen LogP contribution in [0.3, 0.4) is 0 Å². The number of allylic oxidation sites excluding steroid dienone is 5. The van der Waals surface area contributed by atoms with Crippen molar-refractivity contribution in [1.29, 1.82) is 0 Å². The van der Waals surface area contributed by atoms with Gasteiger partial charge in [-0.15, -0.1) is 0 Å². The normalized spacial score (nSPS) is 38.3. The third-order valence-electron chi connectivity index (χ3n) is 7.68. The van der Waals surface area contributed by atoms with Crippen molar-refractivity contribution in [2.75, 3.05) is 6.61 Å². The van der Waals surface area contributed by atoms with E-state index in [2.05, 4.69) is 32.6 Å². The van der Waals surface area contributed by atoms with E-state index in [1.807, 2.05) is 19.9 Å². The number of aliphatic hydroxyl groups excluding tert-OH is 2. The van der Waals surface area contributed by atoms with Crippen molar-refractivity contribution in [3.8, 4) is 0 Å². The van der Waals surface area contributed by atoms with Gasteiger partial charge in [0.05, 0.1) is 18.8 Å². The number of aliphatic hydroxyl groups is 3. The molecule has 0 spiro atoms. The highest BCUT2D eigenvalue weighted by Gasteiger charge is 2.44. The minimum Gasteiger partial charge on any atom is -0.390 e. The van der Waals surface area contributed by atoms with E-state index in [1.54, 1.807) is 5.57 Å². The van der Waals surface area contributed by atoms with Crippen LogP contribution in [-0.4, -0.2) is 39.9 Å². The SMILES string of the molecule is C=C1C(=CC=C2CCC[C@]3(C)C(CC)=CC[C@H]23)C[C@](O)(OC[C@H](O)C(C)C)C[C@@H]1O. The molecule has 0 radical (unpaired) electrons. The Morgan fingerprint density at radius 2 is 2.07 bits per heavy atom. The maximum Gasteiger partial charge on any atom is 0.172 e. The van der Waals surface area contributed by atoms with Gasteiger partial charge < -0.3 is 20.1 Å². The van der Waals surface area contributed by atoms with Crippen molar-refractivity contribution in [2.45, 2.75) is 90.6 Å². The zero-order valence-corrected chi connectivity index (χ0v) is 19.2. The highest BCUT2D eigenvalue weighted by Crippen LogP contribution is 2.55. The number of ether oxygens (including phenoxy) is 1. The monoisotopic (exact) mass is 416 g/mol. The summed E-state index contributed by atoms with van der Waals surface area (Å²) in [5.41, 5.74) is 4.81. The van der Waals surface area contributed by atoms with Crippen molar-refractivity contribution in [3.05, 3.63) is 47.1 Å². The van der Waals surface area contributed by atoms with Crippen LogP contribution in [0.15, 0.2) is 47.1 Å². The Hall–Kier alpha value is -1.20. The Balaban J connectivity index is 1.77. The summed E-state index contributed by atoms with van der Waals surface area (Å²) in [6.07, 6.45) is 11.3. The molecule has 0 saturated heterocycles. The molecule has 3 rings (SSSR count). The average Bonchev–Trinajstić information content (AvgIpc) is 3.04. The molecule has 0 amide bonds. The maximum atomic E-state index is 11.0. The third kappa shape index (κ3) is 4.67. The van der Waals surface area contributed by atoms with Gasteiger partial charge in [0.1, 0.15) is 0 Å². The average molecular weight is 417 g/mol. The molecule has 0 aromatic rings. The van der Waals surface area contributed by atoms with E-state index in [-0.39, 0.29) is 30.8 Å². The summed E-state index contributed by atoms with van der Waals surface area (Å²) in [7, 11) is 0. The molecular formula is C26H40O4. The molecule has 5 atom stereocenters. The number of fused-ring (bicyclic) bond motifs is 1. The predicted octanol–water partition coefficient (Wildman–Crippen LogP) is 4.82. The molecule has 2 fully saturated rings. The Morgan fingerprint density at radius 3 is 2.73 bits per heavy atom. The minimum atomic E-state index is -1.48. The lowest BCUT2D eigenvalue weighted by molar-refractivity contribution is -0.233. The van der Waals surface area contributed by atoms with E-state index < -0.39 is 18.0 Å². The summed E-state index contributed by atoms with van der Waals surface area (Å²) in [5.74, 6) is -0.881. The van der Waals surface area contributed by atoms with Gasteiger partial charge in [-0.25, -0.2) is 0 Å². The van der Waals surface area contributed by atoms with Crippen LogP contribution in [0.1, 0.15) is 72.6 Å². The molecule has 0 aromatic heterocycles. The second-order valence-electron chi connectivity index (χ2n) is 10.1. The quantitative estimate of drug-likeness (QED) is 0.429. The number of rotatable bonds is 6. The van der Waals surface area contributed by atoms with Gasteiger partial charge in [-0.2, -0.15) is 0 Å². The summed E-state index contributed by atoms with van der Waals surface area (Å²) in [4.78, 5) is 0. The summed E-state index contributed by atoms with van der Waals surface area (Å²) in [6.45, 7) is 12.6. The van der Waals surface area contributed by atoms with Crippen molar-refractivity contribution in [1.82, 2.24) is 0 Å². The predicted molar refractivity (Wildman–Crippen MR) is 121 cm³/mol. The molecule has 2 saturated carbocycles. The van der Waals surface area contributed by atoms with Crippen molar-refractivity contribution < 1.29 is 20.1 Å². The first-order chi connectivity index (χ1) is 14.1. The van der Waals surface area contributed by atoms with E-state index in [1.165, 1.54) is 18.4 Å². The van der Waals surface area contributed by atoms with Gasteiger partial charge in [0.2, 0.25) is 0 Å². The standard InChI is InChI=1S/C26H40O4/c1-6-21-11-12-22-19(8-7-13-25(21,22)5)9-10-20-14-26(29,15-23(27)18(20)4)30-16-24(28)17(2)3/h9-11,17,22-24,27-29H,4,6-8,12-16H2,1-3,5H3/t22-,23+,24+,25-,26+/m1/s1. The zero-order chi connectivity index (χ0) is 22.1. The molecule has 3 aliphatic rings. The van der Waals surface area contributed by atoms with Gasteiger partial charge in [0.15, 0.2) is 5.79 Å².